The first kappa shape index (κ1) is 22.0. The molecule has 2 heterocycles. The molecular formula is C28H29N3O3. The summed E-state index contributed by atoms with van der Waals surface area (Å²) in [5.41, 5.74) is 3.80. The van der Waals surface area contributed by atoms with Crippen molar-refractivity contribution in [3.63, 3.8) is 0 Å². The van der Waals surface area contributed by atoms with Gasteiger partial charge in [0.15, 0.2) is 0 Å². The van der Waals surface area contributed by atoms with Crippen molar-refractivity contribution in [3.8, 4) is 0 Å². The van der Waals surface area contributed by atoms with E-state index in [2.05, 4.69) is 0 Å². The smallest absolute Gasteiger partial charge is 0.410 e. The number of ether oxygens (including phenoxy) is 1. The minimum atomic E-state index is -0.289. The van der Waals surface area contributed by atoms with Gasteiger partial charge in [0.1, 0.15) is 6.61 Å². The van der Waals surface area contributed by atoms with E-state index >= 15 is 0 Å². The average molecular weight is 456 g/mol. The fraction of sp³-hybridized carbons (Fsp3) is 0.286. The fourth-order valence-electron chi connectivity index (χ4n) is 4.93. The normalized spacial score (nSPS) is 19.1. The van der Waals surface area contributed by atoms with Gasteiger partial charge < -0.3 is 9.64 Å². The molecule has 3 aromatic carbocycles. The second-order valence-corrected chi connectivity index (χ2v) is 9.03. The van der Waals surface area contributed by atoms with Crippen molar-refractivity contribution >= 4 is 23.5 Å². The molecule has 34 heavy (non-hydrogen) atoms. The van der Waals surface area contributed by atoms with Crippen LogP contribution >= 0.6 is 0 Å². The molecule has 2 bridgehead atoms. The third kappa shape index (κ3) is 4.49. The van der Waals surface area contributed by atoms with Crippen LogP contribution < -0.4 is 4.90 Å². The Balaban J connectivity index is 1.29. The summed E-state index contributed by atoms with van der Waals surface area (Å²) < 4.78 is 5.64. The Kier molecular flexibility index (Phi) is 6.21. The van der Waals surface area contributed by atoms with Crippen molar-refractivity contribution in [2.45, 2.75) is 38.5 Å². The number of anilines is 2. The second-order valence-electron chi connectivity index (χ2n) is 9.03. The fourth-order valence-corrected chi connectivity index (χ4v) is 4.93. The third-order valence-electron chi connectivity index (χ3n) is 6.67. The molecule has 174 valence electrons. The molecule has 5 rings (SSSR count). The number of piperazine rings is 1. The van der Waals surface area contributed by atoms with Gasteiger partial charge in [0.2, 0.25) is 0 Å². The number of hydrogen-bond donors (Lipinski definition) is 0. The van der Waals surface area contributed by atoms with Crippen molar-refractivity contribution < 1.29 is 14.3 Å². The number of carbonyl (C=O) groups is 2. The van der Waals surface area contributed by atoms with Crippen molar-refractivity contribution in [2.24, 2.45) is 0 Å². The number of hydrogen-bond acceptors (Lipinski definition) is 3. The Morgan fingerprint density at radius 2 is 1.35 bits per heavy atom. The molecule has 3 aromatic rings. The predicted octanol–water partition coefficient (Wildman–Crippen LogP) is 5.74. The Morgan fingerprint density at radius 1 is 0.824 bits per heavy atom. The number of aryl methyl sites for hydroxylation is 1. The maximum absolute atomic E-state index is 13.7. The second kappa shape index (κ2) is 9.59. The highest BCUT2D eigenvalue weighted by molar-refractivity contribution is 5.99. The van der Waals surface area contributed by atoms with Crippen molar-refractivity contribution in [1.82, 2.24) is 9.80 Å². The molecular weight excluding hydrogens is 426 g/mol. The summed E-state index contributed by atoms with van der Waals surface area (Å²) in [7, 11) is 0. The molecule has 0 radical (unpaired) electrons. The molecule has 2 atom stereocenters. The molecule has 6 heteroatoms. The summed E-state index contributed by atoms with van der Waals surface area (Å²) in [6, 6.07) is 27.3. The molecule has 2 aliphatic rings. The lowest BCUT2D eigenvalue weighted by Gasteiger charge is -2.42. The minimum absolute atomic E-state index is 0.0263. The SMILES string of the molecule is Cc1ccc(COC(=O)N2[C@@H]3CC[C@H]2CN(C(=O)N(c2ccccc2)c2ccccc2)C3)cc1. The van der Waals surface area contributed by atoms with E-state index < -0.39 is 0 Å². The van der Waals surface area contributed by atoms with E-state index in [1.807, 2.05) is 102 Å². The molecule has 0 N–H and O–H groups in total. The van der Waals surface area contributed by atoms with E-state index in [0.29, 0.717) is 13.1 Å². The third-order valence-corrected chi connectivity index (χ3v) is 6.67. The van der Waals surface area contributed by atoms with Crippen LogP contribution in [0.4, 0.5) is 21.0 Å². The van der Waals surface area contributed by atoms with E-state index in [4.69, 9.17) is 4.74 Å². The Labute approximate surface area is 200 Å². The van der Waals surface area contributed by atoms with Gasteiger partial charge in [-0.2, -0.15) is 0 Å². The zero-order valence-corrected chi connectivity index (χ0v) is 19.3. The van der Waals surface area contributed by atoms with Gasteiger partial charge in [-0.05, 0) is 49.6 Å². The average Bonchev–Trinajstić information content (AvgIpc) is 3.14. The standard InChI is InChI=1S/C28H29N3O3/c1-21-12-14-22(15-13-21)20-34-28(33)31-25-16-17-26(31)19-29(18-25)27(32)30(23-8-4-2-5-9-23)24-10-6-3-7-11-24/h2-15,25-26H,16-20H2,1H3/t25-,26+. The molecule has 2 saturated heterocycles. The topological polar surface area (TPSA) is 53.1 Å². The van der Waals surface area contributed by atoms with Crippen molar-refractivity contribution in [1.29, 1.82) is 0 Å². The Morgan fingerprint density at radius 3 is 1.88 bits per heavy atom. The van der Waals surface area contributed by atoms with E-state index in [1.54, 1.807) is 4.90 Å². The number of amides is 3. The van der Waals surface area contributed by atoms with Crippen LogP contribution in [0.3, 0.4) is 0 Å². The Bertz CT molecular complexity index is 1080. The predicted molar refractivity (Wildman–Crippen MR) is 132 cm³/mol. The van der Waals surface area contributed by atoms with Gasteiger partial charge in [0, 0.05) is 13.1 Å². The number of fused-ring (bicyclic) bond motifs is 2. The minimum Gasteiger partial charge on any atom is -0.445 e. The maximum Gasteiger partial charge on any atom is 0.410 e. The first-order valence-corrected chi connectivity index (χ1v) is 11.8. The van der Waals surface area contributed by atoms with Crippen LogP contribution in [0.15, 0.2) is 84.9 Å². The summed E-state index contributed by atoms with van der Waals surface area (Å²) in [6.07, 6.45) is 1.47. The number of benzene rings is 3. The van der Waals surface area contributed by atoms with Gasteiger partial charge in [-0.1, -0.05) is 66.2 Å². The molecule has 0 aromatic heterocycles. The Hall–Kier alpha value is -3.80. The van der Waals surface area contributed by atoms with E-state index in [9.17, 15) is 9.59 Å². The van der Waals surface area contributed by atoms with Gasteiger partial charge in [-0.3, -0.25) is 9.80 Å². The van der Waals surface area contributed by atoms with Gasteiger partial charge in [-0.15, -0.1) is 0 Å². The molecule has 0 spiro atoms. The van der Waals surface area contributed by atoms with E-state index in [1.165, 1.54) is 5.56 Å². The van der Waals surface area contributed by atoms with Crippen molar-refractivity contribution in [2.75, 3.05) is 18.0 Å². The molecule has 2 aliphatic heterocycles. The van der Waals surface area contributed by atoms with Gasteiger partial charge >= 0.3 is 12.1 Å². The van der Waals surface area contributed by atoms with Gasteiger partial charge in [0.05, 0.1) is 23.5 Å². The molecule has 0 saturated carbocycles. The zero-order valence-electron chi connectivity index (χ0n) is 19.3. The lowest BCUT2D eigenvalue weighted by atomic mass is 10.2. The maximum atomic E-state index is 13.7. The number of carbonyl (C=O) groups excluding carboxylic acids is 2. The number of urea groups is 1. The summed E-state index contributed by atoms with van der Waals surface area (Å²) in [5.74, 6) is 0. The quantitative estimate of drug-likeness (QED) is 0.504. The highest BCUT2D eigenvalue weighted by Crippen LogP contribution is 2.34. The van der Waals surface area contributed by atoms with Crippen LogP contribution in [0.1, 0.15) is 24.0 Å². The van der Waals surface area contributed by atoms with E-state index in [0.717, 1.165) is 29.8 Å². The molecule has 3 amide bonds. The summed E-state index contributed by atoms with van der Waals surface area (Å²) in [6.45, 7) is 3.30. The monoisotopic (exact) mass is 455 g/mol. The highest BCUT2D eigenvalue weighted by Gasteiger charge is 2.45. The largest absolute Gasteiger partial charge is 0.445 e. The van der Waals surface area contributed by atoms with Crippen LogP contribution in [0, 0.1) is 6.92 Å². The molecule has 6 nitrogen and oxygen atoms in total. The summed E-state index contributed by atoms with van der Waals surface area (Å²) in [5, 5.41) is 0. The van der Waals surface area contributed by atoms with Crippen LogP contribution in [0.25, 0.3) is 0 Å². The summed E-state index contributed by atoms with van der Waals surface area (Å²) >= 11 is 0. The lowest BCUT2D eigenvalue weighted by Crippen LogP contribution is -2.59. The first-order chi connectivity index (χ1) is 16.6. The van der Waals surface area contributed by atoms with Crippen LogP contribution in [0.5, 0.6) is 0 Å². The lowest BCUT2D eigenvalue weighted by molar-refractivity contribution is 0.0479. The molecule has 0 unspecified atom stereocenters. The highest BCUT2D eigenvalue weighted by atomic mass is 16.6. The zero-order chi connectivity index (χ0) is 23.5. The number of likely N-dealkylation sites (tertiary alicyclic amines) is 1. The summed E-state index contributed by atoms with van der Waals surface area (Å²) in [4.78, 5) is 32.2. The number of para-hydroxylation sites is 2. The van der Waals surface area contributed by atoms with Gasteiger partial charge in [0.25, 0.3) is 0 Å². The van der Waals surface area contributed by atoms with E-state index in [-0.39, 0.29) is 30.8 Å². The first-order valence-electron chi connectivity index (χ1n) is 11.8. The van der Waals surface area contributed by atoms with Crippen LogP contribution in [-0.2, 0) is 11.3 Å². The number of rotatable bonds is 4. The van der Waals surface area contributed by atoms with Crippen LogP contribution in [0.2, 0.25) is 0 Å². The molecule has 2 fully saturated rings. The molecule has 0 aliphatic carbocycles. The van der Waals surface area contributed by atoms with Crippen LogP contribution in [-0.4, -0.2) is 47.1 Å². The van der Waals surface area contributed by atoms with Gasteiger partial charge in [-0.25, -0.2) is 9.59 Å². The van der Waals surface area contributed by atoms with Crippen molar-refractivity contribution in [3.05, 3.63) is 96.1 Å². The number of nitrogens with zero attached hydrogens (tertiary/aromatic N) is 3.